The van der Waals surface area contributed by atoms with E-state index in [0.717, 1.165) is 17.0 Å². The van der Waals surface area contributed by atoms with E-state index < -0.39 is 0 Å². The molecule has 0 unspecified atom stereocenters. The van der Waals surface area contributed by atoms with Gasteiger partial charge in [0.2, 0.25) is 0 Å². The Hall–Kier alpha value is -3.78. The minimum absolute atomic E-state index is 0.0690. The zero-order valence-electron chi connectivity index (χ0n) is 18.5. The fourth-order valence-corrected chi connectivity index (χ4v) is 4.29. The number of aromatic nitrogens is 4. The number of rotatable bonds is 6. The second-order valence-electron chi connectivity index (χ2n) is 8.30. The average Bonchev–Trinajstić information content (AvgIpc) is 3.54. The van der Waals surface area contributed by atoms with Crippen molar-refractivity contribution in [3.8, 4) is 0 Å². The molecule has 0 bridgehead atoms. The summed E-state index contributed by atoms with van der Waals surface area (Å²) in [7, 11) is 0. The van der Waals surface area contributed by atoms with Gasteiger partial charge in [0.05, 0.1) is 18.8 Å². The molecule has 5 rings (SSSR count). The predicted molar refractivity (Wildman–Crippen MR) is 123 cm³/mol. The quantitative estimate of drug-likeness (QED) is 0.456. The van der Waals surface area contributed by atoms with Gasteiger partial charge in [-0.2, -0.15) is 0 Å². The van der Waals surface area contributed by atoms with Crippen LogP contribution in [0.2, 0.25) is 0 Å². The number of nitrogens with zero attached hydrogens (tertiary/aromatic N) is 6. The van der Waals surface area contributed by atoms with Crippen LogP contribution in [0.1, 0.15) is 39.1 Å². The highest BCUT2D eigenvalue weighted by Crippen LogP contribution is 2.29. The molecule has 1 aliphatic rings. The van der Waals surface area contributed by atoms with Crippen molar-refractivity contribution in [3.05, 3.63) is 101 Å². The maximum atomic E-state index is 12.7. The lowest BCUT2D eigenvalue weighted by Gasteiger charge is -2.38. The van der Waals surface area contributed by atoms with Crippen LogP contribution in [-0.4, -0.2) is 62.1 Å². The lowest BCUT2D eigenvalue weighted by atomic mass is 10.0. The van der Waals surface area contributed by atoms with Gasteiger partial charge in [0.25, 0.3) is 5.91 Å². The zero-order valence-corrected chi connectivity index (χ0v) is 18.5. The highest BCUT2D eigenvalue weighted by Gasteiger charge is 2.32. The minimum atomic E-state index is -0.106. The zero-order chi connectivity index (χ0) is 22.6. The fraction of sp³-hybridized carbons (Fsp3) is 0.280. The molecule has 8 nitrogen and oxygen atoms in total. The summed E-state index contributed by atoms with van der Waals surface area (Å²) in [5.41, 5.74) is 3.48. The second kappa shape index (κ2) is 9.38. The van der Waals surface area contributed by atoms with Crippen LogP contribution in [0.25, 0.3) is 0 Å². The molecule has 1 aliphatic heterocycles. The normalized spacial score (nSPS) is 15.5. The van der Waals surface area contributed by atoms with Gasteiger partial charge in [-0.15, -0.1) is 5.10 Å². The number of hydrogen-bond acceptors (Lipinski definition) is 6. The summed E-state index contributed by atoms with van der Waals surface area (Å²) >= 11 is 0. The Morgan fingerprint density at radius 3 is 2.42 bits per heavy atom. The molecule has 0 N–H and O–H groups in total. The first-order valence-electron chi connectivity index (χ1n) is 11.1. The number of carbonyl (C=O) groups excluding carboxylic acids is 1. The summed E-state index contributed by atoms with van der Waals surface area (Å²) in [6.07, 6.45) is 1.53. The maximum Gasteiger partial charge on any atom is 0.289 e. The van der Waals surface area contributed by atoms with E-state index in [-0.39, 0.29) is 11.9 Å². The molecule has 33 heavy (non-hydrogen) atoms. The average molecular weight is 443 g/mol. The summed E-state index contributed by atoms with van der Waals surface area (Å²) < 4.78 is 7.18. The van der Waals surface area contributed by atoms with Crippen LogP contribution in [0.4, 0.5) is 0 Å². The van der Waals surface area contributed by atoms with Gasteiger partial charge in [-0.1, -0.05) is 60.2 Å². The molecular weight excluding hydrogens is 416 g/mol. The van der Waals surface area contributed by atoms with Gasteiger partial charge in [-0.05, 0) is 40.6 Å². The standard InChI is InChI=1S/C25H26N6O2/c1-19-9-11-21(12-10-19)23(24-26-27-28-31(24)18-20-6-3-2-4-7-20)29-13-15-30(16-14-29)25(32)22-8-5-17-33-22/h2-12,17,23H,13-16,18H2,1H3/t23-/m1/s1. The SMILES string of the molecule is Cc1ccc([C@H](c2nnnn2Cc2ccccc2)N2CCN(C(=O)c3ccco3)CC2)cc1. The molecule has 8 heteroatoms. The number of piperazine rings is 1. The number of hydrogen-bond donors (Lipinski definition) is 0. The van der Waals surface area contributed by atoms with E-state index in [9.17, 15) is 4.79 Å². The number of benzene rings is 2. The lowest BCUT2D eigenvalue weighted by Crippen LogP contribution is -2.50. The number of furan rings is 1. The number of aryl methyl sites for hydroxylation is 1. The Balaban J connectivity index is 1.41. The third-order valence-corrected chi connectivity index (χ3v) is 6.07. The first-order chi connectivity index (χ1) is 16.2. The van der Waals surface area contributed by atoms with E-state index in [4.69, 9.17) is 4.42 Å². The van der Waals surface area contributed by atoms with Crippen molar-refractivity contribution in [2.24, 2.45) is 0 Å². The molecule has 2 aromatic carbocycles. The van der Waals surface area contributed by atoms with Gasteiger partial charge in [0.15, 0.2) is 11.6 Å². The van der Waals surface area contributed by atoms with Crippen LogP contribution in [0, 0.1) is 6.92 Å². The highest BCUT2D eigenvalue weighted by molar-refractivity contribution is 5.91. The Morgan fingerprint density at radius 1 is 0.970 bits per heavy atom. The summed E-state index contributed by atoms with van der Waals surface area (Å²) in [4.78, 5) is 16.9. The van der Waals surface area contributed by atoms with Crippen LogP contribution < -0.4 is 0 Å². The third kappa shape index (κ3) is 4.56. The van der Waals surface area contributed by atoms with Gasteiger partial charge in [0, 0.05) is 26.2 Å². The Labute approximate surface area is 192 Å². The van der Waals surface area contributed by atoms with E-state index in [0.29, 0.717) is 38.5 Å². The number of amides is 1. The molecule has 1 atom stereocenters. The van der Waals surface area contributed by atoms with Gasteiger partial charge in [-0.3, -0.25) is 9.69 Å². The molecule has 1 fully saturated rings. The van der Waals surface area contributed by atoms with E-state index in [2.05, 4.69) is 63.7 Å². The topological polar surface area (TPSA) is 80.3 Å². The number of tetrazole rings is 1. The minimum Gasteiger partial charge on any atom is -0.459 e. The first-order valence-corrected chi connectivity index (χ1v) is 11.1. The van der Waals surface area contributed by atoms with Crippen molar-refractivity contribution in [2.75, 3.05) is 26.2 Å². The van der Waals surface area contributed by atoms with Gasteiger partial charge in [-0.25, -0.2) is 4.68 Å². The van der Waals surface area contributed by atoms with E-state index in [1.807, 2.05) is 27.8 Å². The first kappa shape index (κ1) is 21.1. The highest BCUT2D eigenvalue weighted by atomic mass is 16.3. The molecule has 2 aromatic heterocycles. The Kier molecular flexibility index (Phi) is 5.99. The Morgan fingerprint density at radius 2 is 1.73 bits per heavy atom. The van der Waals surface area contributed by atoms with Crippen molar-refractivity contribution < 1.29 is 9.21 Å². The van der Waals surface area contributed by atoms with Crippen molar-refractivity contribution in [2.45, 2.75) is 19.5 Å². The second-order valence-corrected chi connectivity index (χ2v) is 8.30. The van der Waals surface area contributed by atoms with Crippen LogP contribution in [0.15, 0.2) is 77.4 Å². The summed E-state index contributed by atoms with van der Waals surface area (Å²) in [5.74, 6) is 1.11. The molecular formula is C25H26N6O2. The molecule has 0 aliphatic carbocycles. The molecule has 168 valence electrons. The van der Waals surface area contributed by atoms with E-state index in [1.165, 1.54) is 11.8 Å². The van der Waals surface area contributed by atoms with Gasteiger partial charge in [0.1, 0.15) is 0 Å². The summed E-state index contributed by atoms with van der Waals surface area (Å²) in [5, 5.41) is 12.8. The van der Waals surface area contributed by atoms with Crippen LogP contribution in [0.5, 0.6) is 0 Å². The summed E-state index contributed by atoms with van der Waals surface area (Å²) in [6.45, 7) is 5.33. The lowest BCUT2D eigenvalue weighted by molar-refractivity contribution is 0.0559. The van der Waals surface area contributed by atoms with Crippen LogP contribution in [0.3, 0.4) is 0 Å². The van der Waals surface area contributed by atoms with Crippen molar-refractivity contribution in [1.29, 1.82) is 0 Å². The van der Waals surface area contributed by atoms with Crippen LogP contribution >= 0.6 is 0 Å². The van der Waals surface area contributed by atoms with Crippen molar-refractivity contribution >= 4 is 5.91 Å². The largest absolute Gasteiger partial charge is 0.459 e. The van der Waals surface area contributed by atoms with Crippen LogP contribution in [-0.2, 0) is 6.54 Å². The van der Waals surface area contributed by atoms with Gasteiger partial charge < -0.3 is 9.32 Å². The summed E-state index contributed by atoms with van der Waals surface area (Å²) in [6, 6.07) is 22.0. The molecule has 0 saturated carbocycles. The molecule has 4 aromatic rings. The molecule has 0 radical (unpaired) electrons. The maximum absolute atomic E-state index is 12.7. The van der Waals surface area contributed by atoms with E-state index in [1.54, 1.807) is 12.1 Å². The van der Waals surface area contributed by atoms with Crippen molar-refractivity contribution in [3.63, 3.8) is 0 Å². The Bertz CT molecular complexity index is 1180. The van der Waals surface area contributed by atoms with E-state index >= 15 is 0 Å². The number of carbonyl (C=O) groups is 1. The predicted octanol–water partition coefficient (Wildman–Crippen LogP) is 3.17. The third-order valence-electron chi connectivity index (χ3n) is 6.07. The van der Waals surface area contributed by atoms with Gasteiger partial charge >= 0.3 is 0 Å². The molecule has 3 heterocycles. The molecule has 0 spiro atoms. The fourth-order valence-electron chi connectivity index (χ4n) is 4.29. The monoisotopic (exact) mass is 442 g/mol. The smallest absolute Gasteiger partial charge is 0.289 e. The van der Waals surface area contributed by atoms with Crippen molar-refractivity contribution in [1.82, 2.24) is 30.0 Å². The molecule has 1 saturated heterocycles. The molecule has 1 amide bonds.